The number of morpholine rings is 1. The van der Waals surface area contributed by atoms with Crippen molar-refractivity contribution in [3.05, 3.63) is 30.3 Å². The van der Waals surface area contributed by atoms with E-state index in [0.29, 0.717) is 51.7 Å². The van der Waals surface area contributed by atoms with E-state index in [4.69, 9.17) is 4.74 Å². The number of hydrogen-bond donors (Lipinski definition) is 0. The average molecular weight is 363 g/mol. The van der Waals surface area contributed by atoms with E-state index < -0.39 is 0 Å². The number of carbonyl (C=O) groups excluding carboxylic acids is 2. The van der Waals surface area contributed by atoms with Crippen LogP contribution in [0.15, 0.2) is 35.2 Å². The van der Waals surface area contributed by atoms with Crippen molar-refractivity contribution in [3.63, 3.8) is 0 Å². The quantitative estimate of drug-likeness (QED) is 0.724. The van der Waals surface area contributed by atoms with Gasteiger partial charge in [0, 0.05) is 44.2 Å². The lowest BCUT2D eigenvalue weighted by Crippen LogP contribution is -2.53. The minimum absolute atomic E-state index is 0.147. The first kappa shape index (κ1) is 18.2. The Morgan fingerprint density at radius 1 is 0.880 bits per heavy atom. The molecule has 0 aromatic heterocycles. The molecule has 7 heteroatoms. The number of nitrogens with zero attached hydrogens (tertiary/aromatic N) is 3. The molecule has 0 unspecified atom stereocenters. The van der Waals surface area contributed by atoms with Crippen LogP contribution < -0.4 is 0 Å². The van der Waals surface area contributed by atoms with E-state index >= 15 is 0 Å². The molecule has 0 N–H and O–H groups in total. The molecule has 2 amide bonds. The average Bonchev–Trinajstić information content (AvgIpc) is 2.68. The summed E-state index contributed by atoms with van der Waals surface area (Å²) in [5, 5.41) is 0. The molecule has 1 aromatic carbocycles. The van der Waals surface area contributed by atoms with E-state index in [1.54, 1.807) is 11.8 Å². The van der Waals surface area contributed by atoms with Crippen molar-refractivity contribution in [1.82, 2.24) is 14.7 Å². The maximum atomic E-state index is 12.4. The summed E-state index contributed by atoms with van der Waals surface area (Å²) < 4.78 is 5.31. The Kier molecular flexibility index (Phi) is 6.72. The summed E-state index contributed by atoms with van der Waals surface area (Å²) in [4.78, 5) is 31.7. The van der Waals surface area contributed by atoms with Crippen LogP contribution in [0, 0.1) is 0 Å². The number of amides is 2. The molecule has 0 atom stereocenters. The van der Waals surface area contributed by atoms with Gasteiger partial charge in [0.1, 0.15) is 0 Å². The Bertz CT molecular complexity index is 570. The minimum Gasteiger partial charge on any atom is -0.379 e. The zero-order chi connectivity index (χ0) is 17.5. The van der Waals surface area contributed by atoms with Crippen molar-refractivity contribution in [2.24, 2.45) is 0 Å². The van der Waals surface area contributed by atoms with Crippen molar-refractivity contribution in [3.8, 4) is 0 Å². The van der Waals surface area contributed by atoms with Crippen LogP contribution in [0.1, 0.15) is 0 Å². The van der Waals surface area contributed by atoms with Gasteiger partial charge in [0.25, 0.3) is 0 Å². The zero-order valence-electron chi connectivity index (χ0n) is 14.4. The second-order valence-corrected chi connectivity index (χ2v) is 7.30. The molecule has 3 rings (SSSR count). The van der Waals surface area contributed by atoms with Crippen molar-refractivity contribution >= 4 is 23.6 Å². The Morgan fingerprint density at radius 3 is 2.12 bits per heavy atom. The lowest BCUT2D eigenvalue weighted by Gasteiger charge is -2.36. The highest BCUT2D eigenvalue weighted by Gasteiger charge is 2.25. The number of rotatable bonds is 5. The summed E-state index contributed by atoms with van der Waals surface area (Å²) in [6.07, 6.45) is 0. The Balaban J connectivity index is 1.38. The summed E-state index contributed by atoms with van der Waals surface area (Å²) in [6, 6.07) is 9.96. The van der Waals surface area contributed by atoms with Gasteiger partial charge < -0.3 is 14.5 Å². The first-order valence-electron chi connectivity index (χ1n) is 8.76. The first-order valence-corrected chi connectivity index (χ1v) is 9.74. The van der Waals surface area contributed by atoms with E-state index in [-0.39, 0.29) is 11.8 Å². The van der Waals surface area contributed by atoms with Gasteiger partial charge >= 0.3 is 0 Å². The third kappa shape index (κ3) is 5.45. The zero-order valence-corrected chi connectivity index (χ0v) is 15.2. The molecule has 2 heterocycles. The summed E-state index contributed by atoms with van der Waals surface area (Å²) in [5.74, 6) is 0.757. The smallest absolute Gasteiger partial charge is 0.236 e. The molecule has 1 aromatic rings. The summed E-state index contributed by atoms with van der Waals surface area (Å²) in [5.41, 5.74) is 0. The van der Waals surface area contributed by atoms with Crippen LogP contribution in [0.4, 0.5) is 0 Å². The second-order valence-electron chi connectivity index (χ2n) is 6.25. The molecule has 2 saturated heterocycles. The SMILES string of the molecule is O=C(CSc1ccccc1)N1CCN(C(=O)CN2CCOCC2)CC1. The fourth-order valence-corrected chi connectivity index (χ4v) is 3.83. The van der Waals surface area contributed by atoms with Crippen LogP contribution in [0.2, 0.25) is 0 Å². The largest absolute Gasteiger partial charge is 0.379 e. The van der Waals surface area contributed by atoms with Gasteiger partial charge in [0.2, 0.25) is 11.8 Å². The predicted molar refractivity (Wildman–Crippen MR) is 97.6 cm³/mol. The molecule has 0 spiro atoms. The Morgan fingerprint density at radius 2 is 1.48 bits per heavy atom. The van der Waals surface area contributed by atoms with Crippen molar-refractivity contribution in [2.75, 3.05) is 64.8 Å². The number of ether oxygens (including phenoxy) is 1. The molecule has 2 fully saturated rings. The number of piperazine rings is 1. The number of carbonyl (C=O) groups is 2. The van der Waals surface area contributed by atoms with E-state index in [1.807, 2.05) is 40.1 Å². The topological polar surface area (TPSA) is 53.1 Å². The van der Waals surface area contributed by atoms with E-state index in [2.05, 4.69) is 4.90 Å². The number of benzene rings is 1. The second kappa shape index (κ2) is 9.22. The minimum atomic E-state index is 0.147. The first-order chi connectivity index (χ1) is 12.2. The molecule has 0 aliphatic carbocycles. The molecule has 0 radical (unpaired) electrons. The highest BCUT2D eigenvalue weighted by Crippen LogP contribution is 2.18. The van der Waals surface area contributed by atoms with Crippen molar-refractivity contribution < 1.29 is 14.3 Å². The van der Waals surface area contributed by atoms with Crippen LogP contribution in [0.25, 0.3) is 0 Å². The third-order valence-corrected chi connectivity index (χ3v) is 5.55. The van der Waals surface area contributed by atoms with Gasteiger partial charge in [-0.05, 0) is 12.1 Å². The van der Waals surface area contributed by atoms with Gasteiger partial charge in [0.05, 0.1) is 25.5 Å². The molecule has 2 aliphatic rings. The Hall–Kier alpha value is -1.57. The van der Waals surface area contributed by atoms with E-state index in [9.17, 15) is 9.59 Å². The fourth-order valence-electron chi connectivity index (χ4n) is 3.01. The van der Waals surface area contributed by atoms with Crippen LogP contribution in [0.3, 0.4) is 0 Å². The van der Waals surface area contributed by atoms with Crippen molar-refractivity contribution in [2.45, 2.75) is 4.90 Å². The van der Waals surface area contributed by atoms with E-state index in [1.165, 1.54) is 0 Å². The van der Waals surface area contributed by atoms with Crippen LogP contribution in [0.5, 0.6) is 0 Å². The third-order valence-electron chi connectivity index (χ3n) is 4.55. The molecular formula is C18H25N3O3S. The maximum absolute atomic E-state index is 12.4. The lowest BCUT2D eigenvalue weighted by atomic mass is 10.3. The maximum Gasteiger partial charge on any atom is 0.236 e. The van der Waals surface area contributed by atoms with Gasteiger partial charge in [0.15, 0.2) is 0 Å². The molecule has 25 heavy (non-hydrogen) atoms. The summed E-state index contributed by atoms with van der Waals surface area (Å²) in [7, 11) is 0. The van der Waals surface area contributed by atoms with Crippen molar-refractivity contribution in [1.29, 1.82) is 0 Å². The molecule has 6 nitrogen and oxygen atoms in total. The molecule has 0 bridgehead atoms. The highest BCUT2D eigenvalue weighted by molar-refractivity contribution is 8.00. The highest BCUT2D eigenvalue weighted by atomic mass is 32.2. The predicted octanol–water partition coefficient (Wildman–Crippen LogP) is 0.782. The monoisotopic (exact) mass is 363 g/mol. The standard InChI is InChI=1S/C18H25N3O3S/c22-17(14-19-10-12-24-13-11-19)20-6-8-21(9-7-20)18(23)15-25-16-4-2-1-3-5-16/h1-5H,6-15H2. The molecular weight excluding hydrogens is 338 g/mol. The van der Waals surface area contributed by atoms with E-state index in [0.717, 1.165) is 18.0 Å². The number of hydrogen-bond acceptors (Lipinski definition) is 5. The number of thioether (sulfide) groups is 1. The van der Waals surface area contributed by atoms with Crippen LogP contribution >= 0.6 is 11.8 Å². The van der Waals surface area contributed by atoms with Gasteiger partial charge in [-0.2, -0.15) is 0 Å². The Labute approximate surface area is 153 Å². The van der Waals surface area contributed by atoms with Crippen LogP contribution in [-0.4, -0.2) is 91.3 Å². The molecule has 2 aliphatic heterocycles. The summed E-state index contributed by atoms with van der Waals surface area (Å²) in [6.45, 7) is 6.02. The van der Waals surface area contributed by atoms with Gasteiger partial charge in [-0.1, -0.05) is 18.2 Å². The van der Waals surface area contributed by atoms with Gasteiger partial charge in [-0.15, -0.1) is 11.8 Å². The van der Waals surface area contributed by atoms with Gasteiger partial charge in [-0.3, -0.25) is 14.5 Å². The fraction of sp³-hybridized carbons (Fsp3) is 0.556. The van der Waals surface area contributed by atoms with Gasteiger partial charge in [-0.25, -0.2) is 0 Å². The normalized spacial score (nSPS) is 19.0. The van der Waals surface area contributed by atoms with Crippen LogP contribution in [-0.2, 0) is 14.3 Å². The molecule has 0 saturated carbocycles. The summed E-state index contributed by atoms with van der Waals surface area (Å²) >= 11 is 1.56. The lowest BCUT2D eigenvalue weighted by molar-refractivity contribution is -0.139. The molecule has 136 valence electrons.